The van der Waals surface area contributed by atoms with Crippen LogP contribution in [0.1, 0.15) is 44.6 Å². The quantitative estimate of drug-likeness (QED) is 0.367. The number of nitrogens with one attached hydrogen (secondary N) is 2. The molecular weight excluding hydrogens is 376 g/mol. The summed E-state index contributed by atoms with van der Waals surface area (Å²) in [5.74, 6) is 2.38. The summed E-state index contributed by atoms with van der Waals surface area (Å²) in [6.07, 6.45) is 5.84. The molecule has 0 atom stereocenters. The Labute approximate surface area is 182 Å². The minimum Gasteiger partial charge on any atom is -0.381 e. The van der Waals surface area contributed by atoms with E-state index in [0.29, 0.717) is 5.92 Å². The lowest BCUT2D eigenvalue weighted by Gasteiger charge is -2.32. The maximum atomic E-state index is 5.83. The van der Waals surface area contributed by atoms with Gasteiger partial charge in [-0.3, -0.25) is 4.99 Å². The highest BCUT2D eigenvalue weighted by Gasteiger charge is 2.16. The number of nitrogens with zero attached hydrogens (tertiary/aromatic N) is 2. The first-order valence-corrected chi connectivity index (χ1v) is 11.7. The van der Waals surface area contributed by atoms with Crippen LogP contribution in [0.4, 0.5) is 5.69 Å². The minimum atomic E-state index is 0.672. The first-order chi connectivity index (χ1) is 14.7. The van der Waals surface area contributed by atoms with Gasteiger partial charge in [0.25, 0.3) is 0 Å². The summed E-state index contributed by atoms with van der Waals surface area (Å²) in [7, 11) is 1.82. The number of ether oxygens (including phenoxy) is 2. The van der Waals surface area contributed by atoms with Crippen molar-refractivity contribution in [3.05, 3.63) is 29.8 Å². The molecule has 0 aromatic heterocycles. The third-order valence-electron chi connectivity index (χ3n) is 6.22. The van der Waals surface area contributed by atoms with Crippen molar-refractivity contribution in [2.75, 3.05) is 58.0 Å². The van der Waals surface area contributed by atoms with Gasteiger partial charge in [-0.1, -0.05) is 19.1 Å². The predicted octanol–water partition coefficient (Wildman–Crippen LogP) is 3.42. The normalized spacial score (nSPS) is 19.1. The van der Waals surface area contributed by atoms with Crippen molar-refractivity contribution >= 4 is 11.6 Å². The fraction of sp³-hybridized carbons (Fsp3) is 0.708. The Morgan fingerprint density at radius 2 is 1.83 bits per heavy atom. The SMILES string of the molecule is CN=C(NCCCOCC1CCOCC1)NCc1ccc(N2CCC(C)CC2)cc1. The van der Waals surface area contributed by atoms with Crippen LogP contribution in [0, 0.1) is 11.8 Å². The Hall–Kier alpha value is -1.79. The zero-order valence-electron chi connectivity index (χ0n) is 18.9. The number of anilines is 1. The molecule has 2 aliphatic heterocycles. The molecule has 1 aromatic carbocycles. The lowest BCUT2D eigenvalue weighted by atomic mass is 9.99. The van der Waals surface area contributed by atoms with E-state index >= 15 is 0 Å². The molecule has 30 heavy (non-hydrogen) atoms. The molecule has 2 N–H and O–H groups in total. The molecular formula is C24H40N4O2. The fourth-order valence-electron chi connectivity index (χ4n) is 4.04. The molecule has 0 spiro atoms. The second-order valence-corrected chi connectivity index (χ2v) is 8.67. The second-order valence-electron chi connectivity index (χ2n) is 8.67. The van der Waals surface area contributed by atoms with E-state index in [4.69, 9.17) is 9.47 Å². The average molecular weight is 417 g/mol. The van der Waals surface area contributed by atoms with Crippen LogP contribution in [-0.4, -0.2) is 59.1 Å². The van der Waals surface area contributed by atoms with Crippen LogP contribution < -0.4 is 15.5 Å². The lowest BCUT2D eigenvalue weighted by Crippen LogP contribution is -2.37. The number of benzene rings is 1. The predicted molar refractivity (Wildman–Crippen MR) is 124 cm³/mol. The maximum absolute atomic E-state index is 5.83. The van der Waals surface area contributed by atoms with Crippen LogP contribution in [0.5, 0.6) is 0 Å². The van der Waals surface area contributed by atoms with Crippen LogP contribution in [0.25, 0.3) is 0 Å². The second kappa shape index (κ2) is 12.8. The van der Waals surface area contributed by atoms with Crippen molar-refractivity contribution in [2.24, 2.45) is 16.8 Å². The van der Waals surface area contributed by atoms with Crippen molar-refractivity contribution in [2.45, 2.75) is 45.6 Å². The molecule has 1 aromatic rings. The van der Waals surface area contributed by atoms with Gasteiger partial charge >= 0.3 is 0 Å². The number of piperidine rings is 1. The highest BCUT2D eigenvalue weighted by molar-refractivity contribution is 5.79. The fourth-order valence-corrected chi connectivity index (χ4v) is 4.04. The van der Waals surface area contributed by atoms with Gasteiger partial charge in [0.1, 0.15) is 0 Å². The van der Waals surface area contributed by atoms with Gasteiger partial charge in [-0.2, -0.15) is 0 Å². The molecule has 2 aliphatic rings. The Bertz CT molecular complexity index is 621. The van der Waals surface area contributed by atoms with Crippen LogP contribution in [0.15, 0.2) is 29.3 Å². The Morgan fingerprint density at radius 3 is 2.53 bits per heavy atom. The zero-order valence-corrected chi connectivity index (χ0v) is 18.9. The largest absolute Gasteiger partial charge is 0.381 e. The molecule has 6 heteroatoms. The highest BCUT2D eigenvalue weighted by Crippen LogP contribution is 2.23. The highest BCUT2D eigenvalue weighted by atomic mass is 16.5. The van der Waals surface area contributed by atoms with Crippen molar-refractivity contribution in [1.29, 1.82) is 0 Å². The molecule has 6 nitrogen and oxygen atoms in total. The van der Waals surface area contributed by atoms with E-state index in [-0.39, 0.29) is 0 Å². The van der Waals surface area contributed by atoms with E-state index in [1.54, 1.807) is 0 Å². The van der Waals surface area contributed by atoms with E-state index in [1.165, 1.54) is 37.2 Å². The Kier molecular flexibility index (Phi) is 9.77. The summed E-state index contributed by atoms with van der Waals surface area (Å²) in [5.41, 5.74) is 2.61. The number of aliphatic imine (C=N–C) groups is 1. The van der Waals surface area contributed by atoms with E-state index in [0.717, 1.165) is 70.7 Å². The van der Waals surface area contributed by atoms with Gasteiger partial charge in [0, 0.05) is 65.3 Å². The summed E-state index contributed by atoms with van der Waals surface area (Å²) >= 11 is 0. The average Bonchev–Trinajstić information content (AvgIpc) is 2.80. The van der Waals surface area contributed by atoms with Gasteiger partial charge in [-0.05, 0) is 61.6 Å². The van der Waals surface area contributed by atoms with Crippen molar-refractivity contribution in [1.82, 2.24) is 10.6 Å². The van der Waals surface area contributed by atoms with Crippen LogP contribution in [-0.2, 0) is 16.0 Å². The smallest absolute Gasteiger partial charge is 0.191 e. The first-order valence-electron chi connectivity index (χ1n) is 11.7. The summed E-state index contributed by atoms with van der Waals surface area (Å²) in [5, 5.41) is 6.78. The van der Waals surface area contributed by atoms with E-state index in [9.17, 15) is 0 Å². The molecule has 0 unspecified atom stereocenters. The van der Waals surface area contributed by atoms with Crippen LogP contribution >= 0.6 is 0 Å². The first kappa shape index (κ1) is 22.9. The van der Waals surface area contributed by atoms with E-state index < -0.39 is 0 Å². The standard InChI is InChI=1S/C24H40N4O2/c1-20-8-13-28(14-9-20)23-6-4-21(5-7-23)18-27-24(25-2)26-12-3-15-30-19-22-10-16-29-17-11-22/h4-7,20,22H,3,8-19H2,1-2H3,(H2,25,26,27). The molecule has 0 bridgehead atoms. The molecule has 168 valence electrons. The third-order valence-corrected chi connectivity index (χ3v) is 6.22. The molecule has 3 rings (SSSR count). The van der Waals surface area contributed by atoms with Crippen LogP contribution in [0.2, 0.25) is 0 Å². The summed E-state index contributed by atoms with van der Waals surface area (Å²) < 4.78 is 11.2. The van der Waals surface area contributed by atoms with E-state index in [2.05, 4.69) is 51.7 Å². The van der Waals surface area contributed by atoms with Gasteiger partial charge in [-0.15, -0.1) is 0 Å². The third kappa shape index (κ3) is 7.80. The number of rotatable bonds is 9. The zero-order chi connectivity index (χ0) is 21.0. The van der Waals surface area contributed by atoms with Gasteiger partial charge in [0.2, 0.25) is 0 Å². The number of guanidine groups is 1. The summed E-state index contributed by atoms with van der Waals surface area (Å²) in [6, 6.07) is 8.94. The molecule has 0 amide bonds. The van der Waals surface area contributed by atoms with Gasteiger partial charge < -0.3 is 25.0 Å². The summed E-state index contributed by atoms with van der Waals surface area (Å²) in [6.45, 7) is 9.77. The van der Waals surface area contributed by atoms with Gasteiger partial charge in [-0.25, -0.2) is 0 Å². The summed E-state index contributed by atoms with van der Waals surface area (Å²) in [4.78, 5) is 6.83. The molecule has 0 saturated carbocycles. The monoisotopic (exact) mass is 416 g/mol. The number of hydrogen-bond acceptors (Lipinski definition) is 4. The molecule has 2 fully saturated rings. The van der Waals surface area contributed by atoms with Crippen molar-refractivity contribution in [3.8, 4) is 0 Å². The lowest BCUT2D eigenvalue weighted by molar-refractivity contribution is 0.0203. The minimum absolute atomic E-state index is 0.672. The number of hydrogen-bond donors (Lipinski definition) is 2. The van der Waals surface area contributed by atoms with Crippen molar-refractivity contribution < 1.29 is 9.47 Å². The maximum Gasteiger partial charge on any atom is 0.191 e. The molecule has 2 saturated heterocycles. The van der Waals surface area contributed by atoms with Gasteiger partial charge in [0.15, 0.2) is 5.96 Å². The van der Waals surface area contributed by atoms with E-state index in [1.807, 2.05) is 7.05 Å². The molecule has 0 aliphatic carbocycles. The molecule has 0 radical (unpaired) electrons. The topological polar surface area (TPSA) is 58.1 Å². The van der Waals surface area contributed by atoms with Crippen LogP contribution in [0.3, 0.4) is 0 Å². The Morgan fingerprint density at radius 1 is 1.10 bits per heavy atom. The molecule has 2 heterocycles. The Balaban J connectivity index is 1.28. The van der Waals surface area contributed by atoms with Gasteiger partial charge in [0.05, 0.1) is 0 Å². The van der Waals surface area contributed by atoms with Crippen molar-refractivity contribution in [3.63, 3.8) is 0 Å².